The van der Waals surface area contributed by atoms with Crippen molar-refractivity contribution < 1.29 is 33.3 Å². The smallest absolute Gasteiger partial charge is 0.344 e. The van der Waals surface area contributed by atoms with Crippen LogP contribution >= 0.6 is 0 Å². The van der Waals surface area contributed by atoms with Crippen LogP contribution in [0.2, 0.25) is 0 Å². The zero-order valence-electron chi connectivity index (χ0n) is 13.0. The number of hydrogen-bond acceptors (Lipinski definition) is 7. The van der Waals surface area contributed by atoms with Gasteiger partial charge in [-0.1, -0.05) is 0 Å². The monoisotopic (exact) mass is 325 g/mol. The second-order valence-electron chi connectivity index (χ2n) is 4.32. The molecule has 8 nitrogen and oxygen atoms in total. The van der Waals surface area contributed by atoms with Gasteiger partial charge in [-0.3, -0.25) is 9.59 Å². The van der Waals surface area contributed by atoms with E-state index in [1.165, 1.54) is 32.4 Å². The standard InChI is InChI=1S/C15H19NO7/c1-20-6-5-16-14(18)9-23-15(19)10-22-12-4-3-11(8-17)7-13(12)21-2/h3-4,7-8H,5-6,9-10H2,1-2H3,(H,16,18). The molecular weight excluding hydrogens is 306 g/mol. The molecule has 0 radical (unpaired) electrons. The summed E-state index contributed by atoms with van der Waals surface area (Å²) in [6.07, 6.45) is 0.669. The minimum atomic E-state index is -0.701. The summed E-state index contributed by atoms with van der Waals surface area (Å²) in [5.74, 6) is -0.518. The third-order valence-corrected chi connectivity index (χ3v) is 2.66. The third-order valence-electron chi connectivity index (χ3n) is 2.66. The summed E-state index contributed by atoms with van der Waals surface area (Å²) in [7, 11) is 2.93. The molecule has 0 aliphatic heterocycles. The first-order valence-corrected chi connectivity index (χ1v) is 6.78. The van der Waals surface area contributed by atoms with E-state index in [9.17, 15) is 14.4 Å². The SMILES string of the molecule is COCCNC(=O)COC(=O)COc1ccc(C=O)cc1OC. The maximum Gasteiger partial charge on any atom is 0.344 e. The van der Waals surface area contributed by atoms with E-state index < -0.39 is 18.5 Å². The van der Waals surface area contributed by atoms with Gasteiger partial charge < -0.3 is 24.3 Å². The van der Waals surface area contributed by atoms with Crippen molar-refractivity contribution in [3.63, 3.8) is 0 Å². The summed E-state index contributed by atoms with van der Waals surface area (Å²) in [6, 6.07) is 4.52. The van der Waals surface area contributed by atoms with Crippen LogP contribution in [0.3, 0.4) is 0 Å². The van der Waals surface area contributed by atoms with Crippen LogP contribution in [-0.2, 0) is 19.1 Å². The van der Waals surface area contributed by atoms with Crippen LogP contribution in [-0.4, -0.2) is 58.7 Å². The van der Waals surface area contributed by atoms with Gasteiger partial charge in [0.2, 0.25) is 0 Å². The van der Waals surface area contributed by atoms with E-state index >= 15 is 0 Å². The lowest BCUT2D eigenvalue weighted by Gasteiger charge is -2.11. The van der Waals surface area contributed by atoms with Gasteiger partial charge in [0.15, 0.2) is 24.7 Å². The molecule has 1 rings (SSSR count). The van der Waals surface area contributed by atoms with E-state index in [2.05, 4.69) is 5.32 Å². The quantitative estimate of drug-likeness (QED) is 0.372. The molecule has 0 aliphatic rings. The van der Waals surface area contributed by atoms with Crippen molar-refractivity contribution in [2.45, 2.75) is 0 Å². The maximum absolute atomic E-state index is 11.5. The molecule has 1 N–H and O–H groups in total. The largest absolute Gasteiger partial charge is 0.493 e. The van der Waals surface area contributed by atoms with E-state index in [4.69, 9.17) is 18.9 Å². The number of aldehydes is 1. The first kappa shape index (κ1) is 18.4. The lowest BCUT2D eigenvalue weighted by Crippen LogP contribution is -2.32. The topological polar surface area (TPSA) is 100 Å². The van der Waals surface area contributed by atoms with Crippen LogP contribution < -0.4 is 14.8 Å². The van der Waals surface area contributed by atoms with Gasteiger partial charge in [0, 0.05) is 19.2 Å². The Morgan fingerprint density at radius 3 is 2.61 bits per heavy atom. The van der Waals surface area contributed by atoms with Crippen molar-refractivity contribution in [2.75, 3.05) is 40.6 Å². The zero-order chi connectivity index (χ0) is 17.1. The highest BCUT2D eigenvalue weighted by Crippen LogP contribution is 2.27. The molecule has 1 aromatic carbocycles. The van der Waals surface area contributed by atoms with Gasteiger partial charge in [-0.05, 0) is 18.2 Å². The van der Waals surface area contributed by atoms with Crippen LogP contribution in [0.1, 0.15) is 10.4 Å². The van der Waals surface area contributed by atoms with Crippen LogP contribution in [0.4, 0.5) is 0 Å². The molecule has 0 aliphatic carbocycles. The van der Waals surface area contributed by atoms with E-state index in [0.717, 1.165) is 0 Å². The Morgan fingerprint density at radius 2 is 1.96 bits per heavy atom. The molecule has 0 bridgehead atoms. The molecular formula is C15H19NO7. The second-order valence-corrected chi connectivity index (χ2v) is 4.32. The van der Waals surface area contributed by atoms with Gasteiger partial charge in [-0.2, -0.15) is 0 Å². The fraction of sp³-hybridized carbons (Fsp3) is 0.400. The summed E-state index contributed by atoms with van der Waals surface area (Å²) in [6.45, 7) is -0.0711. The van der Waals surface area contributed by atoms with Crippen LogP contribution in [0, 0.1) is 0 Å². The molecule has 0 unspecified atom stereocenters. The summed E-state index contributed by atoms with van der Waals surface area (Å²) < 4.78 is 19.8. The number of rotatable bonds is 10. The van der Waals surface area contributed by atoms with E-state index in [0.29, 0.717) is 36.5 Å². The summed E-state index contributed by atoms with van der Waals surface area (Å²) >= 11 is 0. The first-order valence-electron chi connectivity index (χ1n) is 6.78. The summed E-state index contributed by atoms with van der Waals surface area (Å²) in [5.41, 5.74) is 0.421. The molecule has 1 aromatic rings. The van der Waals surface area contributed by atoms with Crippen LogP contribution in [0.25, 0.3) is 0 Å². The highest BCUT2D eigenvalue weighted by Gasteiger charge is 2.11. The Balaban J connectivity index is 2.38. The van der Waals surface area contributed by atoms with Crippen molar-refractivity contribution >= 4 is 18.2 Å². The molecule has 1 amide bonds. The van der Waals surface area contributed by atoms with Crippen molar-refractivity contribution in [3.8, 4) is 11.5 Å². The fourth-order valence-corrected chi connectivity index (χ4v) is 1.54. The number of ether oxygens (including phenoxy) is 4. The summed E-state index contributed by atoms with van der Waals surface area (Å²) in [5, 5.41) is 2.51. The molecule has 126 valence electrons. The number of nitrogens with one attached hydrogen (secondary N) is 1. The molecule has 0 atom stereocenters. The zero-order valence-corrected chi connectivity index (χ0v) is 13.0. The van der Waals surface area contributed by atoms with Gasteiger partial charge >= 0.3 is 5.97 Å². The number of esters is 1. The molecule has 0 heterocycles. The lowest BCUT2D eigenvalue weighted by atomic mass is 10.2. The Morgan fingerprint density at radius 1 is 1.17 bits per heavy atom. The second kappa shape index (κ2) is 10.2. The van der Waals surface area contributed by atoms with E-state index in [-0.39, 0.29) is 6.61 Å². The molecule has 0 fully saturated rings. The number of methoxy groups -OCH3 is 2. The Bertz CT molecular complexity index is 545. The van der Waals surface area contributed by atoms with Crippen molar-refractivity contribution in [1.29, 1.82) is 0 Å². The van der Waals surface area contributed by atoms with Gasteiger partial charge in [-0.15, -0.1) is 0 Å². The van der Waals surface area contributed by atoms with Gasteiger partial charge in [-0.25, -0.2) is 4.79 Å². The number of benzene rings is 1. The van der Waals surface area contributed by atoms with Gasteiger partial charge in [0.05, 0.1) is 13.7 Å². The minimum Gasteiger partial charge on any atom is -0.493 e. The molecule has 8 heteroatoms. The predicted octanol–water partition coefficient (Wildman–Crippen LogP) is 0.192. The van der Waals surface area contributed by atoms with Gasteiger partial charge in [0.25, 0.3) is 5.91 Å². The predicted molar refractivity (Wildman–Crippen MR) is 79.7 cm³/mol. The summed E-state index contributed by atoms with van der Waals surface area (Å²) in [4.78, 5) is 33.5. The van der Waals surface area contributed by atoms with Crippen LogP contribution in [0.15, 0.2) is 18.2 Å². The Hall–Kier alpha value is -2.61. The fourth-order valence-electron chi connectivity index (χ4n) is 1.54. The minimum absolute atomic E-state index is 0.291. The van der Waals surface area contributed by atoms with Crippen molar-refractivity contribution in [1.82, 2.24) is 5.32 Å². The first-order chi connectivity index (χ1) is 11.1. The van der Waals surface area contributed by atoms with Gasteiger partial charge in [0.1, 0.15) is 6.29 Å². The Kier molecular flexibility index (Phi) is 8.16. The number of hydrogen-bond donors (Lipinski definition) is 1. The van der Waals surface area contributed by atoms with Crippen LogP contribution in [0.5, 0.6) is 11.5 Å². The average molecular weight is 325 g/mol. The molecule has 0 aromatic heterocycles. The molecule has 0 spiro atoms. The molecule has 23 heavy (non-hydrogen) atoms. The lowest BCUT2D eigenvalue weighted by molar-refractivity contribution is -0.150. The third kappa shape index (κ3) is 6.79. The number of carbonyl (C=O) groups excluding carboxylic acids is 3. The maximum atomic E-state index is 11.5. The average Bonchev–Trinajstić information content (AvgIpc) is 2.58. The van der Waals surface area contributed by atoms with Crippen molar-refractivity contribution in [2.24, 2.45) is 0 Å². The molecule has 0 saturated carbocycles. The van der Waals surface area contributed by atoms with E-state index in [1.807, 2.05) is 0 Å². The number of amides is 1. The normalized spacial score (nSPS) is 9.83. The van der Waals surface area contributed by atoms with E-state index in [1.54, 1.807) is 0 Å². The highest BCUT2D eigenvalue weighted by molar-refractivity contribution is 5.81. The van der Waals surface area contributed by atoms with Crippen molar-refractivity contribution in [3.05, 3.63) is 23.8 Å². The highest BCUT2D eigenvalue weighted by atomic mass is 16.6. The Labute approximate surface area is 133 Å². The number of carbonyl (C=O) groups is 3. The molecule has 0 saturated heterocycles.